The Bertz CT molecular complexity index is 302. The molecule has 0 rings (SSSR count). The van der Waals surface area contributed by atoms with E-state index in [9.17, 15) is 18.0 Å². The van der Waals surface area contributed by atoms with Crippen molar-refractivity contribution in [3.8, 4) is 6.07 Å². The monoisotopic (exact) mass is 267 g/mol. The molecule has 0 aliphatic rings. The lowest BCUT2D eigenvalue weighted by atomic mass is 10.1. The second kappa shape index (κ2) is 7.89. The number of nitrogens with one attached hydrogen (secondary N) is 2. The fourth-order valence-corrected chi connectivity index (χ4v) is 1.05. The third kappa shape index (κ3) is 6.42. The third-order valence-electron chi connectivity index (χ3n) is 2.18. The summed E-state index contributed by atoms with van der Waals surface area (Å²) in [6, 6.07) is 0.344. The Morgan fingerprint density at radius 2 is 2.11 bits per heavy atom. The summed E-state index contributed by atoms with van der Waals surface area (Å²) in [5.74, 6) is -2.56. The first-order valence-electron chi connectivity index (χ1n) is 5.29. The van der Waals surface area contributed by atoms with Crippen LogP contribution in [0.25, 0.3) is 0 Å². The number of alkyl halides is 3. The average molecular weight is 267 g/mol. The largest absolute Gasteiger partial charge is 0.405 e. The van der Waals surface area contributed by atoms with Crippen LogP contribution in [0, 0.1) is 17.2 Å². The van der Waals surface area contributed by atoms with Crippen molar-refractivity contribution in [2.75, 3.05) is 26.8 Å². The highest BCUT2D eigenvalue weighted by Gasteiger charge is 2.39. The fourth-order valence-electron chi connectivity index (χ4n) is 1.05. The van der Waals surface area contributed by atoms with Crippen LogP contribution in [0.5, 0.6) is 0 Å². The van der Waals surface area contributed by atoms with E-state index in [0.717, 1.165) is 6.07 Å². The number of rotatable bonds is 7. The molecule has 0 saturated carbocycles. The van der Waals surface area contributed by atoms with Gasteiger partial charge in [0.25, 0.3) is 0 Å². The number of carbonyl (C=O) groups excluding carboxylic acids is 1. The SMILES string of the molecule is COCCNC(=O)C(C)NCC(C#N)C(F)(F)F. The van der Waals surface area contributed by atoms with E-state index in [2.05, 4.69) is 10.6 Å². The van der Waals surface area contributed by atoms with Gasteiger partial charge in [0.05, 0.1) is 18.7 Å². The number of ether oxygens (including phenoxy) is 1. The lowest BCUT2D eigenvalue weighted by Gasteiger charge is -2.17. The molecular formula is C10H16F3N3O2. The van der Waals surface area contributed by atoms with Crippen molar-refractivity contribution in [2.24, 2.45) is 5.92 Å². The first-order valence-corrected chi connectivity index (χ1v) is 5.29. The maximum atomic E-state index is 12.2. The number of carbonyl (C=O) groups is 1. The molecule has 0 aromatic heterocycles. The van der Waals surface area contributed by atoms with E-state index in [4.69, 9.17) is 10.00 Å². The summed E-state index contributed by atoms with van der Waals surface area (Å²) >= 11 is 0. The minimum absolute atomic E-state index is 0.280. The molecule has 0 spiro atoms. The van der Waals surface area contributed by atoms with E-state index in [0.29, 0.717) is 6.61 Å². The second-order valence-corrected chi connectivity index (χ2v) is 3.64. The Morgan fingerprint density at radius 1 is 1.50 bits per heavy atom. The highest BCUT2D eigenvalue weighted by atomic mass is 19.4. The standard InChI is InChI=1S/C10H16F3N3O2/c1-7(9(17)15-3-4-18-2)16-6-8(5-14)10(11,12)13/h7-8,16H,3-4,6H2,1-2H3,(H,15,17). The predicted molar refractivity (Wildman–Crippen MR) is 57.5 cm³/mol. The highest BCUT2D eigenvalue weighted by Crippen LogP contribution is 2.24. The zero-order chi connectivity index (χ0) is 14.2. The van der Waals surface area contributed by atoms with Crippen LogP contribution in [0.15, 0.2) is 0 Å². The van der Waals surface area contributed by atoms with Gasteiger partial charge in [0.2, 0.25) is 5.91 Å². The lowest BCUT2D eigenvalue weighted by Crippen LogP contribution is -2.46. The summed E-state index contributed by atoms with van der Waals surface area (Å²) in [5, 5.41) is 13.2. The molecule has 0 aromatic rings. The van der Waals surface area contributed by atoms with Crippen molar-refractivity contribution in [3.05, 3.63) is 0 Å². The predicted octanol–water partition coefficient (Wildman–Crippen LogP) is 0.429. The van der Waals surface area contributed by atoms with Crippen LogP contribution in [-0.4, -0.2) is 44.9 Å². The van der Waals surface area contributed by atoms with Crippen LogP contribution in [0.1, 0.15) is 6.92 Å². The normalized spacial score (nSPS) is 14.7. The fraction of sp³-hybridized carbons (Fsp3) is 0.800. The number of halogens is 3. The Hall–Kier alpha value is -1.33. The van der Waals surface area contributed by atoms with Crippen molar-refractivity contribution in [3.63, 3.8) is 0 Å². The van der Waals surface area contributed by atoms with E-state index >= 15 is 0 Å². The van der Waals surface area contributed by atoms with E-state index < -0.39 is 30.6 Å². The van der Waals surface area contributed by atoms with Gasteiger partial charge in [0.1, 0.15) is 0 Å². The van der Waals surface area contributed by atoms with Crippen LogP contribution in [-0.2, 0) is 9.53 Å². The maximum Gasteiger partial charge on any atom is 0.405 e. The minimum atomic E-state index is -4.59. The number of hydrogen-bond acceptors (Lipinski definition) is 4. The van der Waals surface area contributed by atoms with Gasteiger partial charge in [-0.2, -0.15) is 18.4 Å². The lowest BCUT2D eigenvalue weighted by molar-refractivity contribution is -0.158. The smallest absolute Gasteiger partial charge is 0.383 e. The number of nitriles is 1. The average Bonchev–Trinajstić information content (AvgIpc) is 2.27. The van der Waals surface area contributed by atoms with Crippen LogP contribution >= 0.6 is 0 Å². The molecule has 5 nitrogen and oxygen atoms in total. The van der Waals surface area contributed by atoms with Crippen LogP contribution in [0.3, 0.4) is 0 Å². The first kappa shape index (κ1) is 16.7. The molecule has 8 heteroatoms. The molecule has 0 bridgehead atoms. The van der Waals surface area contributed by atoms with Crippen molar-refractivity contribution in [2.45, 2.75) is 19.1 Å². The van der Waals surface area contributed by atoms with E-state index in [1.165, 1.54) is 14.0 Å². The number of hydrogen-bond donors (Lipinski definition) is 2. The molecule has 0 radical (unpaired) electrons. The van der Waals surface area contributed by atoms with Gasteiger partial charge in [-0.15, -0.1) is 0 Å². The summed E-state index contributed by atoms with van der Waals surface area (Å²) < 4.78 is 41.4. The van der Waals surface area contributed by atoms with Gasteiger partial charge in [-0.3, -0.25) is 4.79 Å². The van der Waals surface area contributed by atoms with Crippen LogP contribution < -0.4 is 10.6 Å². The van der Waals surface area contributed by atoms with Gasteiger partial charge < -0.3 is 15.4 Å². The van der Waals surface area contributed by atoms with Gasteiger partial charge in [0.15, 0.2) is 5.92 Å². The van der Waals surface area contributed by atoms with Crippen molar-refractivity contribution in [1.82, 2.24) is 10.6 Å². The summed E-state index contributed by atoms with van der Waals surface area (Å²) in [5.41, 5.74) is 0. The third-order valence-corrected chi connectivity index (χ3v) is 2.18. The highest BCUT2D eigenvalue weighted by molar-refractivity contribution is 5.81. The quantitative estimate of drug-likeness (QED) is 0.656. The van der Waals surface area contributed by atoms with Gasteiger partial charge in [-0.1, -0.05) is 0 Å². The van der Waals surface area contributed by atoms with Crippen molar-refractivity contribution < 1.29 is 22.7 Å². The van der Waals surface area contributed by atoms with E-state index in [-0.39, 0.29) is 6.54 Å². The molecule has 0 saturated heterocycles. The van der Waals surface area contributed by atoms with Crippen molar-refractivity contribution in [1.29, 1.82) is 5.26 Å². The zero-order valence-corrected chi connectivity index (χ0v) is 10.2. The molecule has 0 aliphatic carbocycles. The second-order valence-electron chi connectivity index (χ2n) is 3.64. The number of methoxy groups -OCH3 is 1. The summed E-state index contributed by atoms with van der Waals surface area (Å²) in [7, 11) is 1.47. The minimum Gasteiger partial charge on any atom is -0.383 e. The Balaban J connectivity index is 4.05. The summed E-state index contributed by atoms with van der Waals surface area (Å²) in [6.07, 6.45) is -4.59. The first-order chi connectivity index (χ1) is 8.32. The van der Waals surface area contributed by atoms with Gasteiger partial charge in [-0.05, 0) is 6.92 Å². The molecule has 2 N–H and O–H groups in total. The maximum absolute atomic E-state index is 12.2. The van der Waals surface area contributed by atoms with E-state index in [1.807, 2.05) is 0 Å². The molecular weight excluding hydrogens is 251 g/mol. The van der Waals surface area contributed by atoms with Crippen LogP contribution in [0.2, 0.25) is 0 Å². The molecule has 2 atom stereocenters. The molecule has 18 heavy (non-hydrogen) atoms. The Labute approximate surface area is 103 Å². The van der Waals surface area contributed by atoms with Gasteiger partial charge >= 0.3 is 6.18 Å². The molecule has 0 heterocycles. The molecule has 104 valence electrons. The van der Waals surface area contributed by atoms with E-state index in [1.54, 1.807) is 0 Å². The van der Waals surface area contributed by atoms with Gasteiger partial charge in [-0.25, -0.2) is 0 Å². The van der Waals surface area contributed by atoms with Gasteiger partial charge in [0, 0.05) is 20.2 Å². The molecule has 1 amide bonds. The Kier molecular flexibility index (Phi) is 7.31. The zero-order valence-electron chi connectivity index (χ0n) is 10.2. The number of amides is 1. The molecule has 0 aliphatic heterocycles. The Morgan fingerprint density at radius 3 is 2.56 bits per heavy atom. The number of nitrogens with zero attached hydrogens (tertiary/aromatic N) is 1. The van der Waals surface area contributed by atoms with Crippen LogP contribution in [0.4, 0.5) is 13.2 Å². The molecule has 0 aromatic carbocycles. The molecule has 2 unspecified atom stereocenters. The topological polar surface area (TPSA) is 74.2 Å². The summed E-state index contributed by atoms with van der Waals surface area (Å²) in [4.78, 5) is 11.4. The van der Waals surface area contributed by atoms with Crippen molar-refractivity contribution >= 4 is 5.91 Å². The molecule has 0 fully saturated rings. The summed E-state index contributed by atoms with van der Waals surface area (Å²) in [6.45, 7) is 1.41.